The zero-order chi connectivity index (χ0) is 14.6. The molecule has 1 aliphatic heterocycles. The summed E-state index contributed by atoms with van der Waals surface area (Å²) in [5.41, 5.74) is -0.0463. The van der Waals surface area contributed by atoms with E-state index in [1.807, 2.05) is 12.1 Å². The van der Waals surface area contributed by atoms with Crippen LogP contribution in [0.25, 0.3) is 0 Å². The van der Waals surface area contributed by atoms with Crippen molar-refractivity contribution in [3.63, 3.8) is 0 Å². The SMILES string of the molecule is CC(C)(C(=O)NCc1ccncc1)C(=O)N1CCCC1. The first-order valence-electron chi connectivity index (χ1n) is 6.98. The summed E-state index contributed by atoms with van der Waals surface area (Å²) in [4.78, 5) is 30.3. The lowest BCUT2D eigenvalue weighted by Gasteiger charge is -2.28. The van der Waals surface area contributed by atoms with Crippen LogP contribution in [0.15, 0.2) is 24.5 Å². The third-order valence-electron chi connectivity index (χ3n) is 3.70. The van der Waals surface area contributed by atoms with Gasteiger partial charge in [-0.1, -0.05) is 0 Å². The van der Waals surface area contributed by atoms with Gasteiger partial charge in [0.15, 0.2) is 0 Å². The Bertz CT molecular complexity index is 479. The third-order valence-corrected chi connectivity index (χ3v) is 3.70. The topological polar surface area (TPSA) is 62.3 Å². The van der Waals surface area contributed by atoms with Crippen LogP contribution in [0, 0.1) is 5.41 Å². The van der Waals surface area contributed by atoms with Crippen molar-refractivity contribution in [2.45, 2.75) is 33.2 Å². The van der Waals surface area contributed by atoms with E-state index in [0.29, 0.717) is 6.54 Å². The summed E-state index contributed by atoms with van der Waals surface area (Å²) in [5, 5.41) is 2.83. The minimum absolute atomic E-state index is 0.0813. The van der Waals surface area contributed by atoms with Crippen LogP contribution in [-0.2, 0) is 16.1 Å². The fraction of sp³-hybridized carbons (Fsp3) is 0.533. The lowest BCUT2D eigenvalue weighted by atomic mass is 9.90. The second-order valence-corrected chi connectivity index (χ2v) is 5.66. The Hall–Kier alpha value is -1.91. The minimum atomic E-state index is -1.02. The lowest BCUT2D eigenvalue weighted by molar-refractivity contribution is -0.147. The third kappa shape index (κ3) is 3.15. The van der Waals surface area contributed by atoms with Gasteiger partial charge in [-0.2, -0.15) is 0 Å². The fourth-order valence-corrected chi connectivity index (χ4v) is 2.32. The molecule has 108 valence electrons. The molecule has 0 saturated carbocycles. The van der Waals surface area contributed by atoms with Gasteiger partial charge in [-0.05, 0) is 44.4 Å². The number of likely N-dealkylation sites (tertiary alicyclic amines) is 1. The molecule has 1 N–H and O–H groups in total. The van der Waals surface area contributed by atoms with Gasteiger partial charge >= 0.3 is 0 Å². The molecule has 5 heteroatoms. The van der Waals surface area contributed by atoms with Crippen molar-refractivity contribution in [1.82, 2.24) is 15.2 Å². The maximum Gasteiger partial charge on any atom is 0.237 e. The molecule has 1 fully saturated rings. The summed E-state index contributed by atoms with van der Waals surface area (Å²) >= 11 is 0. The molecule has 2 rings (SSSR count). The van der Waals surface area contributed by atoms with Gasteiger partial charge in [0.1, 0.15) is 5.41 Å². The van der Waals surface area contributed by atoms with Gasteiger partial charge in [-0.25, -0.2) is 0 Å². The van der Waals surface area contributed by atoms with Crippen molar-refractivity contribution in [2.24, 2.45) is 5.41 Å². The predicted octanol–water partition coefficient (Wildman–Crippen LogP) is 1.35. The highest BCUT2D eigenvalue weighted by molar-refractivity contribution is 6.04. The van der Waals surface area contributed by atoms with Gasteiger partial charge in [-0.15, -0.1) is 0 Å². The molecule has 0 bridgehead atoms. The summed E-state index contributed by atoms with van der Waals surface area (Å²) in [6, 6.07) is 3.69. The van der Waals surface area contributed by atoms with E-state index in [9.17, 15) is 9.59 Å². The van der Waals surface area contributed by atoms with E-state index in [1.165, 1.54) is 0 Å². The van der Waals surface area contributed by atoms with Gasteiger partial charge < -0.3 is 10.2 Å². The molecule has 1 aromatic heterocycles. The largest absolute Gasteiger partial charge is 0.351 e. The molecular formula is C15H21N3O2. The minimum Gasteiger partial charge on any atom is -0.351 e. The summed E-state index contributed by atoms with van der Waals surface area (Å²) in [6.07, 6.45) is 5.42. The number of nitrogens with zero attached hydrogens (tertiary/aromatic N) is 2. The van der Waals surface area contributed by atoms with Crippen LogP contribution in [0.4, 0.5) is 0 Å². The van der Waals surface area contributed by atoms with E-state index < -0.39 is 5.41 Å². The molecule has 20 heavy (non-hydrogen) atoms. The van der Waals surface area contributed by atoms with Gasteiger partial charge in [-0.3, -0.25) is 14.6 Å². The van der Waals surface area contributed by atoms with Gasteiger partial charge in [0.25, 0.3) is 0 Å². The van der Waals surface area contributed by atoms with Crippen LogP contribution in [0.5, 0.6) is 0 Å². The molecule has 1 aliphatic rings. The Kier molecular flexibility index (Phi) is 4.37. The van der Waals surface area contributed by atoms with E-state index in [0.717, 1.165) is 31.5 Å². The Labute approximate surface area is 119 Å². The molecule has 5 nitrogen and oxygen atoms in total. The van der Waals surface area contributed by atoms with Crippen molar-refractivity contribution in [1.29, 1.82) is 0 Å². The van der Waals surface area contributed by atoms with Gasteiger partial charge in [0.2, 0.25) is 11.8 Å². The van der Waals surface area contributed by atoms with Crippen LogP contribution >= 0.6 is 0 Å². The first kappa shape index (κ1) is 14.5. The molecule has 0 radical (unpaired) electrons. The number of carbonyl (C=O) groups excluding carboxylic acids is 2. The zero-order valence-corrected chi connectivity index (χ0v) is 12.1. The molecule has 0 aliphatic carbocycles. The van der Waals surface area contributed by atoms with Crippen LogP contribution in [0.2, 0.25) is 0 Å². The quantitative estimate of drug-likeness (QED) is 0.844. The lowest BCUT2D eigenvalue weighted by Crippen LogP contribution is -2.48. The standard InChI is InChI=1S/C15H21N3O2/c1-15(2,14(20)18-9-3-4-10-18)13(19)17-11-12-5-7-16-8-6-12/h5-8H,3-4,9-11H2,1-2H3,(H,17,19). The van der Waals surface area contributed by atoms with Crippen LogP contribution in [0.3, 0.4) is 0 Å². The van der Waals surface area contributed by atoms with Crippen molar-refractivity contribution < 1.29 is 9.59 Å². The number of hydrogen-bond donors (Lipinski definition) is 1. The number of aromatic nitrogens is 1. The zero-order valence-electron chi connectivity index (χ0n) is 12.1. The molecular weight excluding hydrogens is 254 g/mol. The van der Waals surface area contributed by atoms with E-state index in [4.69, 9.17) is 0 Å². The van der Waals surface area contributed by atoms with Gasteiger partial charge in [0, 0.05) is 32.0 Å². The highest BCUT2D eigenvalue weighted by Crippen LogP contribution is 2.22. The maximum atomic E-state index is 12.4. The second kappa shape index (κ2) is 6.03. The number of pyridine rings is 1. The van der Waals surface area contributed by atoms with E-state index in [1.54, 1.807) is 31.1 Å². The van der Waals surface area contributed by atoms with Crippen molar-refractivity contribution >= 4 is 11.8 Å². The first-order valence-corrected chi connectivity index (χ1v) is 6.98. The van der Waals surface area contributed by atoms with Crippen LogP contribution in [0.1, 0.15) is 32.3 Å². The second-order valence-electron chi connectivity index (χ2n) is 5.66. The molecule has 0 unspecified atom stereocenters. The number of carbonyl (C=O) groups is 2. The smallest absolute Gasteiger partial charge is 0.237 e. The fourth-order valence-electron chi connectivity index (χ4n) is 2.32. The average Bonchev–Trinajstić information content (AvgIpc) is 2.99. The van der Waals surface area contributed by atoms with Crippen molar-refractivity contribution in [2.75, 3.05) is 13.1 Å². The van der Waals surface area contributed by atoms with Crippen molar-refractivity contribution in [3.05, 3.63) is 30.1 Å². The molecule has 2 heterocycles. The Balaban J connectivity index is 1.94. The molecule has 0 atom stereocenters. The predicted molar refractivity (Wildman–Crippen MR) is 75.7 cm³/mol. The summed E-state index contributed by atoms with van der Waals surface area (Å²) in [7, 11) is 0. The molecule has 0 aromatic carbocycles. The number of nitrogens with one attached hydrogen (secondary N) is 1. The molecule has 0 spiro atoms. The summed E-state index contributed by atoms with van der Waals surface area (Å²) in [5.74, 6) is -0.312. The molecule has 1 aromatic rings. The van der Waals surface area contributed by atoms with Crippen molar-refractivity contribution in [3.8, 4) is 0 Å². The number of rotatable bonds is 4. The normalized spacial score (nSPS) is 15.2. The highest BCUT2D eigenvalue weighted by Gasteiger charge is 2.39. The summed E-state index contributed by atoms with van der Waals surface area (Å²) in [6.45, 7) is 5.32. The maximum absolute atomic E-state index is 12.4. The Morgan fingerprint density at radius 3 is 2.45 bits per heavy atom. The number of hydrogen-bond acceptors (Lipinski definition) is 3. The molecule has 1 saturated heterocycles. The van der Waals surface area contributed by atoms with Crippen LogP contribution < -0.4 is 5.32 Å². The van der Waals surface area contributed by atoms with E-state index in [2.05, 4.69) is 10.3 Å². The monoisotopic (exact) mass is 275 g/mol. The van der Waals surface area contributed by atoms with E-state index >= 15 is 0 Å². The Morgan fingerprint density at radius 1 is 1.25 bits per heavy atom. The average molecular weight is 275 g/mol. The van der Waals surface area contributed by atoms with Crippen LogP contribution in [-0.4, -0.2) is 34.8 Å². The summed E-state index contributed by atoms with van der Waals surface area (Å²) < 4.78 is 0. The van der Waals surface area contributed by atoms with E-state index in [-0.39, 0.29) is 11.8 Å². The number of amides is 2. The highest BCUT2D eigenvalue weighted by atomic mass is 16.2. The van der Waals surface area contributed by atoms with Gasteiger partial charge in [0.05, 0.1) is 0 Å². The Morgan fingerprint density at radius 2 is 1.85 bits per heavy atom. The first-order chi connectivity index (χ1) is 9.51. The molecule has 2 amide bonds.